The molecular formula is C16H15Cl2NS. The van der Waals surface area contributed by atoms with Crippen molar-refractivity contribution < 1.29 is 0 Å². The van der Waals surface area contributed by atoms with Crippen LogP contribution in [0, 0.1) is 0 Å². The molecule has 0 aliphatic rings. The van der Waals surface area contributed by atoms with Crippen LogP contribution < -0.4 is 10.6 Å². The van der Waals surface area contributed by atoms with E-state index in [1.165, 1.54) is 4.90 Å². The number of nitrogens with zero attached hydrogens (tertiary/aromatic N) is 1. The third-order valence-corrected chi connectivity index (χ3v) is 4.63. The van der Waals surface area contributed by atoms with E-state index in [2.05, 4.69) is 42.1 Å². The smallest absolute Gasteiger partial charge is 0.134 e. The minimum atomic E-state index is 0.449. The lowest BCUT2D eigenvalue weighted by atomic mass is 10.1. The molecule has 104 valence electrons. The summed E-state index contributed by atoms with van der Waals surface area (Å²) >= 11 is 14.3. The van der Waals surface area contributed by atoms with Gasteiger partial charge in [0.15, 0.2) is 0 Å². The largest absolute Gasteiger partial charge is 0.236 e. The lowest BCUT2D eigenvalue weighted by Gasteiger charge is -2.08. The molecule has 0 radical (unpaired) electrons. The summed E-state index contributed by atoms with van der Waals surface area (Å²) in [5, 5.41) is 2.52. The molecule has 0 N–H and O–H groups in total. The van der Waals surface area contributed by atoms with Gasteiger partial charge in [-0.05, 0) is 30.9 Å². The first kappa shape index (κ1) is 15.4. The molecule has 4 heteroatoms. The zero-order valence-corrected chi connectivity index (χ0v) is 13.7. The maximum atomic E-state index is 6.38. The first-order chi connectivity index (χ1) is 9.56. The van der Waals surface area contributed by atoms with Crippen molar-refractivity contribution in [3.05, 3.63) is 56.1 Å². The van der Waals surface area contributed by atoms with Crippen LogP contribution in [-0.4, -0.2) is 11.2 Å². The Hall–Kier alpha value is -0.960. The van der Waals surface area contributed by atoms with Gasteiger partial charge in [-0.2, -0.15) is 0 Å². The molecule has 1 nitrogen and oxygen atoms in total. The second kappa shape index (κ2) is 6.66. The lowest BCUT2D eigenvalue weighted by molar-refractivity contribution is 1.10. The van der Waals surface area contributed by atoms with Crippen LogP contribution in [0.2, 0.25) is 10.2 Å². The summed E-state index contributed by atoms with van der Waals surface area (Å²) in [6.07, 6.45) is 4.57. The third-order valence-electron chi connectivity index (χ3n) is 3.12. The minimum Gasteiger partial charge on any atom is -0.236 e. The van der Waals surface area contributed by atoms with Crippen molar-refractivity contribution in [3.63, 3.8) is 0 Å². The van der Waals surface area contributed by atoms with Crippen LogP contribution in [0.5, 0.6) is 0 Å². The number of hydrogen-bond acceptors (Lipinski definition) is 2. The molecule has 0 aliphatic heterocycles. The van der Waals surface area contributed by atoms with Crippen molar-refractivity contribution in [1.82, 2.24) is 4.98 Å². The fourth-order valence-corrected chi connectivity index (χ4v) is 2.92. The minimum absolute atomic E-state index is 0.449. The van der Waals surface area contributed by atoms with Gasteiger partial charge in [0.2, 0.25) is 0 Å². The van der Waals surface area contributed by atoms with E-state index in [1.807, 2.05) is 13.0 Å². The van der Waals surface area contributed by atoms with Crippen LogP contribution >= 0.6 is 35.0 Å². The zero-order chi connectivity index (χ0) is 14.7. The average molecular weight is 324 g/mol. The van der Waals surface area contributed by atoms with Gasteiger partial charge in [-0.1, -0.05) is 48.0 Å². The summed E-state index contributed by atoms with van der Waals surface area (Å²) in [6.45, 7) is 5.87. The van der Waals surface area contributed by atoms with Gasteiger partial charge < -0.3 is 0 Å². The molecule has 20 heavy (non-hydrogen) atoms. The van der Waals surface area contributed by atoms with E-state index >= 15 is 0 Å². The fraction of sp³-hybridized carbons (Fsp3) is 0.188. The van der Waals surface area contributed by atoms with Crippen LogP contribution in [0.1, 0.15) is 18.1 Å². The second-order valence-electron chi connectivity index (χ2n) is 4.37. The Balaban J connectivity index is 2.43. The molecule has 0 saturated carbocycles. The highest BCUT2D eigenvalue weighted by molar-refractivity contribution is 7.98. The number of benzene rings is 1. The van der Waals surface area contributed by atoms with Gasteiger partial charge >= 0.3 is 0 Å². The van der Waals surface area contributed by atoms with Crippen LogP contribution in [-0.2, 0) is 6.42 Å². The molecule has 0 bridgehead atoms. The molecule has 2 rings (SSSR count). The Labute approximate surface area is 133 Å². The normalized spacial score (nSPS) is 11.9. The molecule has 1 heterocycles. The molecule has 0 fully saturated rings. The van der Waals surface area contributed by atoms with Crippen molar-refractivity contribution in [3.8, 4) is 0 Å². The highest BCUT2D eigenvalue weighted by Crippen LogP contribution is 2.23. The molecular weight excluding hydrogens is 309 g/mol. The SMILES string of the molecule is C=c1c(Cl)c(Cc2ccc(SC)cc2)c(Cl)n/c1=C/C. The third kappa shape index (κ3) is 3.20. The molecule has 0 unspecified atom stereocenters. The molecule has 0 amide bonds. The first-order valence-electron chi connectivity index (χ1n) is 6.19. The Morgan fingerprint density at radius 1 is 1.25 bits per heavy atom. The first-order valence-corrected chi connectivity index (χ1v) is 8.17. The molecule has 0 atom stereocenters. The lowest BCUT2D eigenvalue weighted by Crippen LogP contribution is -2.29. The van der Waals surface area contributed by atoms with Gasteiger partial charge in [0, 0.05) is 22.1 Å². The molecule has 2 aromatic rings. The van der Waals surface area contributed by atoms with Crippen molar-refractivity contribution >= 4 is 47.6 Å². The van der Waals surface area contributed by atoms with Crippen molar-refractivity contribution in [1.29, 1.82) is 0 Å². The standard InChI is InChI=1S/C16H15Cl2NS/c1-4-14-10(2)15(17)13(16(18)19-14)9-11-5-7-12(20-3)8-6-11/h4-8H,2,9H2,1,3H3/b14-4+. The number of rotatable bonds is 3. The van der Waals surface area contributed by atoms with Crippen LogP contribution in [0.25, 0.3) is 12.7 Å². The fourth-order valence-electron chi connectivity index (χ4n) is 1.96. The molecule has 0 spiro atoms. The number of hydrogen-bond donors (Lipinski definition) is 0. The predicted molar refractivity (Wildman–Crippen MR) is 90.2 cm³/mol. The van der Waals surface area contributed by atoms with E-state index in [9.17, 15) is 0 Å². The molecule has 1 aromatic heterocycles. The monoisotopic (exact) mass is 323 g/mol. The zero-order valence-electron chi connectivity index (χ0n) is 11.4. The van der Waals surface area contributed by atoms with Crippen molar-refractivity contribution in [2.45, 2.75) is 18.2 Å². The predicted octanol–water partition coefficient (Wildman–Crippen LogP) is 3.91. The van der Waals surface area contributed by atoms with Gasteiger partial charge in [0.25, 0.3) is 0 Å². The van der Waals surface area contributed by atoms with Gasteiger partial charge in [-0.25, -0.2) is 4.98 Å². The Bertz CT molecular complexity index is 724. The number of aromatic nitrogens is 1. The van der Waals surface area contributed by atoms with Crippen LogP contribution in [0.4, 0.5) is 0 Å². The topological polar surface area (TPSA) is 12.9 Å². The number of halogens is 2. The van der Waals surface area contributed by atoms with Gasteiger partial charge in [-0.3, -0.25) is 0 Å². The Morgan fingerprint density at radius 3 is 2.45 bits per heavy atom. The van der Waals surface area contributed by atoms with E-state index in [0.717, 1.165) is 21.7 Å². The van der Waals surface area contributed by atoms with Crippen molar-refractivity contribution in [2.75, 3.05) is 6.26 Å². The summed E-state index contributed by atoms with van der Waals surface area (Å²) in [7, 11) is 0. The molecule has 1 aromatic carbocycles. The second-order valence-corrected chi connectivity index (χ2v) is 5.99. The molecule has 0 saturated heterocycles. The van der Waals surface area contributed by atoms with Crippen LogP contribution in [0.15, 0.2) is 29.2 Å². The Morgan fingerprint density at radius 2 is 1.90 bits per heavy atom. The number of thioether (sulfide) groups is 1. The summed E-state index contributed by atoms with van der Waals surface area (Å²) in [5.41, 5.74) is 1.99. The highest BCUT2D eigenvalue weighted by atomic mass is 35.5. The van der Waals surface area contributed by atoms with Crippen LogP contribution in [0.3, 0.4) is 0 Å². The van der Waals surface area contributed by atoms with E-state index in [-0.39, 0.29) is 0 Å². The number of pyridine rings is 1. The van der Waals surface area contributed by atoms with Gasteiger partial charge in [0.1, 0.15) is 5.15 Å². The van der Waals surface area contributed by atoms with E-state index in [1.54, 1.807) is 11.8 Å². The molecule has 0 aliphatic carbocycles. The summed E-state index contributed by atoms with van der Waals surface area (Å²) in [5.74, 6) is 0. The summed E-state index contributed by atoms with van der Waals surface area (Å²) < 4.78 is 0. The van der Waals surface area contributed by atoms with E-state index in [0.29, 0.717) is 16.6 Å². The van der Waals surface area contributed by atoms with Crippen molar-refractivity contribution in [2.24, 2.45) is 0 Å². The highest BCUT2D eigenvalue weighted by Gasteiger charge is 2.10. The Kier molecular flexibility index (Phi) is 5.14. The van der Waals surface area contributed by atoms with E-state index in [4.69, 9.17) is 23.2 Å². The maximum Gasteiger partial charge on any atom is 0.134 e. The van der Waals surface area contributed by atoms with Gasteiger partial charge in [-0.15, -0.1) is 11.8 Å². The summed E-state index contributed by atoms with van der Waals surface area (Å²) in [4.78, 5) is 5.57. The summed E-state index contributed by atoms with van der Waals surface area (Å²) in [6, 6.07) is 8.35. The quantitative estimate of drug-likeness (QED) is 0.627. The maximum absolute atomic E-state index is 6.38. The average Bonchev–Trinajstić information content (AvgIpc) is 2.48. The van der Waals surface area contributed by atoms with Gasteiger partial charge in [0.05, 0.1) is 10.4 Å². The van der Waals surface area contributed by atoms with E-state index < -0.39 is 0 Å².